The maximum atomic E-state index is 12.7. The van der Waals surface area contributed by atoms with Crippen LogP contribution in [0.2, 0.25) is 4.34 Å². The molecule has 3 rings (SSSR count). The molecule has 0 radical (unpaired) electrons. The number of benzene rings is 2. The van der Waals surface area contributed by atoms with E-state index in [2.05, 4.69) is 26.1 Å². The van der Waals surface area contributed by atoms with Crippen molar-refractivity contribution in [3.8, 4) is 11.1 Å². The molecule has 2 aromatic carbocycles. The minimum Gasteiger partial charge on any atom is -0.462 e. The third-order valence-corrected chi connectivity index (χ3v) is 6.97. The standard InChI is InChI=1S/C29H30ClNO6S/c1-5-36-28(35)25-24(19-9-7-6-8-10-19)26(30)38-27(25)31-22(33)17-37-23(34)16-15-21(32)18-11-13-20(14-12-18)29(2,3)4/h6-14H,5,15-17H2,1-4H3,(H,31,33). The van der Waals surface area contributed by atoms with Gasteiger partial charge in [-0.3, -0.25) is 14.4 Å². The molecule has 0 aliphatic carbocycles. The fraction of sp³-hybridized carbons (Fsp3) is 0.310. The Labute approximate surface area is 231 Å². The largest absolute Gasteiger partial charge is 0.462 e. The van der Waals surface area contributed by atoms with Crippen molar-refractivity contribution in [3.05, 3.63) is 75.6 Å². The van der Waals surface area contributed by atoms with Crippen LogP contribution in [0.5, 0.6) is 0 Å². The SMILES string of the molecule is CCOC(=O)c1c(NC(=O)COC(=O)CCC(=O)c2ccc(C(C)(C)C)cc2)sc(Cl)c1-c1ccccc1. The van der Waals surface area contributed by atoms with Crippen LogP contribution in [0.3, 0.4) is 0 Å². The summed E-state index contributed by atoms with van der Waals surface area (Å²) in [5.41, 5.74) is 2.88. The lowest BCUT2D eigenvalue weighted by atomic mass is 9.86. The molecule has 38 heavy (non-hydrogen) atoms. The van der Waals surface area contributed by atoms with Gasteiger partial charge in [0, 0.05) is 17.5 Å². The van der Waals surface area contributed by atoms with E-state index in [1.807, 2.05) is 30.3 Å². The van der Waals surface area contributed by atoms with Gasteiger partial charge in [-0.05, 0) is 23.5 Å². The van der Waals surface area contributed by atoms with Crippen molar-refractivity contribution >= 4 is 51.6 Å². The summed E-state index contributed by atoms with van der Waals surface area (Å²) < 4.78 is 10.5. The van der Waals surface area contributed by atoms with E-state index in [0.717, 1.165) is 16.9 Å². The van der Waals surface area contributed by atoms with E-state index < -0.39 is 24.5 Å². The average Bonchev–Trinajstić information content (AvgIpc) is 3.21. The Morgan fingerprint density at radius 3 is 2.18 bits per heavy atom. The van der Waals surface area contributed by atoms with Crippen LogP contribution in [0.25, 0.3) is 11.1 Å². The van der Waals surface area contributed by atoms with Gasteiger partial charge in [0.2, 0.25) is 0 Å². The summed E-state index contributed by atoms with van der Waals surface area (Å²) in [4.78, 5) is 49.9. The Morgan fingerprint density at radius 1 is 0.921 bits per heavy atom. The molecule has 9 heteroatoms. The second kappa shape index (κ2) is 12.8. The summed E-state index contributed by atoms with van der Waals surface area (Å²) in [6.07, 6.45) is -0.201. The van der Waals surface area contributed by atoms with E-state index in [-0.39, 0.29) is 41.2 Å². The van der Waals surface area contributed by atoms with Gasteiger partial charge in [-0.1, -0.05) is 87.0 Å². The molecular weight excluding hydrogens is 526 g/mol. The van der Waals surface area contributed by atoms with Crippen molar-refractivity contribution in [1.29, 1.82) is 0 Å². The topological polar surface area (TPSA) is 98.8 Å². The van der Waals surface area contributed by atoms with Crippen LogP contribution in [0.4, 0.5) is 5.00 Å². The van der Waals surface area contributed by atoms with Gasteiger partial charge in [-0.2, -0.15) is 0 Å². The number of anilines is 1. The predicted octanol–water partition coefficient (Wildman–Crippen LogP) is 6.69. The number of carbonyl (C=O) groups excluding carboxylic acids is 4. The minimum absolute atomic E-state index is 0.0272. The number of thiophene rings is 1. The first kappa shape index (κ1) is 29.1. The van der Waals surface area contributed by atoms with E-state index in [1.54, 1.807) is 31.2 Å². The van der Waals surface area contributed by atoms with E-state index in [0.29, 0.717) is 21.0 Å². The number of halogens is 1. The van der Waals surface area contributed by atoms with Gasteiger partial charge < -0.3 is 14.8 Å². The number of carbonyl (C=O) groups is 4. The molecule has 7 nitrogen and oxygen atoms in total. The molecule has 0 unspecified atom stereocenters. The summed E-state index contributed by atoms with van der Waals surface area (Å²) >= 11 is 7.45. The summed E-state index contributed by atoms with van der Waals surface area (Å²) in [6.45, 7) is 7.50. The Balaban J connectivity index is 1.59. The van der Waals surface area contributed by atoms with E-state index in [1.165, 1.54) is 0 Å². The fourth-order valence-electron chi connectivity index (χ4n) is 3.65. The Kier molecular flexibility index (Phi) is 9.83. The second-order valence-corrected chi connectivity index (χ2v) is 11.1. The molecule has 1 aromatic heterocycles. The van der Waals surface area contributed by atoms with Crippen LogP contribution < -0.4 is 5.32 Å². The number of esters is 2. The van der Waals surface area contributed by atoms with Crippen LogP contribution in [0.15, 0.2) is 54.6 Å². The number of rotatable bonds is 10. The normalized spacial score (nSPS) is 11.1. The van der Waals surface area contributed by atoms with Gasteiger partial charge in [-0.25, -0.2) is 4.79 Å². The van der Waals surface area contributed by atoms with E-state index in [4.69, 9.17) is 21.1 Å². The van der Waals surface area contributed by atoms with Crippen molar-refractivity contribution in [2.45, 2.75) is 46.0 Å². The van der Waals surface area contributed by atoms with Gasteiger partial charge in [-0.15, -0.1) is 11.3 Å². The first-order chi connectivity index (χ1) is 18.0. The highest BCUT2D eigenvalue weighted by atomic mass is 35.5. The zero-order chi connectivity index (χ0) is 27.9. The van der Waals surface area contributed by atoms with Crippen molar-refractivity contribution in [2.24, 2.45) is 0 Å². The molecule has 1 amide bonds. The highest BCUT2D eigenvalue weighted by Crippen LogP contribution is 2.43. The molecule has 0 fully saturated rings. The number of nitrogens with one attached hydrogen (secondary N) is 1. The van der Waals surface area contributed by atoms with Crippen molar-refractivity contribution in [3.63, 3.8) is 0 Å². The molecule has 0 spiro atoms. The molecule has 200 valence electrons. The molecule has 0 bridgehead atoms. The molecule has 0 aliphatic heterocycles. The van der Waals surface area contributed by atoms with Crippen LogP contribution in [0, 0.1) is 0 Å². The van der Waals surface area contributed by atoms with Gasteiger partial charge >= 0.3 is 11.9 Å². The maximum absolute atomic E-state index is 12.7. The summed E-state index contributed by atoms with van der Waals surface area (Å²) in [7, 11) is 0. The Morgan fingerprint density at radius 2 is 1.58 bits per heavy atom. The highest BCUT2D eigenvalue weighted by Gasteiger charge is 2.26. The number of hydrogen-bond donors (Lipinski definition) is 1. The lowest BCUT2D eigenvalue weighted by molar-refractivity contribution is -0.147. The first-order valence-electron chi connectivity index (χ1n) is 12.1. The van der Waals surface area contributed by atoms with Crippen LogP contribution in [-0.2, 0) is 24.5 Å². The minimum atomic E-state index is -0.681. The van der Waals surface area contributed by atoms with Crippen molar-refractivity contribution in [1.82, 2.24) is 0 Å². The quantitative estimate of drug-likeness (QED) is 0.221. The first-order valence-corrected chi connectivity index (χ1v) is 13.3. The third kappa shape index (κ3) is 7.52. The van der Waals surface area contributed by atoms with Crippen molar-refractivity contribution in [2.75, 3.05) is 18.5 Å². The lowest BCUT2D eigenvalue weighted by Gasteiger charge is -2.18. The average molecular weight is 556 g/mol. The Bertz CT molecular complexity index is 1310. The molecular formula is C29H30ClNO6S. The zero-order valence-corrected chi connectivity index (χ0v) is 23.3. The summed E-state index contributed by atoms with van der Waals surface area (Å²) in [6, 6.07) is 16.3. The van der Waals surface area contributed by atoms with Crippen molar-refractivity contribution < 1.29 is 28.7 Å². The third-order valence-electron chi connectivity index (χ3n) is 5.65. The lowest BCUT2D eigenvalue weighted by Crippen LogP contribution is -2.22. The molecule has 0 aliphatic rings. The number of hydrogen-bond acceptors (Lipinski definition) is 7. The van der Waals surface area contributed by atoms with E-state index in [9.17, 15) is 19.2 Å². The highest BCUT2D eigenvalue weighted by molar-refractivity contribution is 7.21. The van der Waals surface area contributed by atoms with Crippen LogP contribution in [-0.4, -0.2) is 36.8 Å². The molecule has 0 saturated heterocycles. The summed E-state index contributed by atoms with van der Waals surface area (Å²) in [5, 5.41) is 2.79. The number of ether oxygens (including phenoxy) is 2. The second-order valence-electron chi connectivity index (χ2n) is 9.50. The van der Waals surface area contributed by atoms with Gasteiger partial charge in [0.1, 0.15) is 14.9 Å². The van der Waals surface area contributed by atoms with Crippen LogP contribution >= 0.6 is 22.9 Å². The number of ketones is 1. The maximum Gasteiger partial charge on any atom is 0.341 e. The molecule has 1 heterocycles. The van der Waals surface area contributed by atoms with Gasteiger partial charge in [0.05, 0.1) is 13.0 Å². The monoisotopic (exact) mass is 555 g/mol. The molecule has 3 aromatic rings. The smallest absolute Gasteiger partial charge is 0.341 e. The van der Waals surface area contributed by atoms with Gasteiger partial charge in [0.15, 0.2) is 12.4 Å². The number of Topliss-reactive ketones (excluding diaryl/α,β-unsaturated/α-hetero) is 1. The number of amides is 1. The Hall–Kier alpha value is -3.49. The van der Waals surface area contributed by atoms with Gasteiger partial charge in [0.25, 0.3) is 5.91 Å². The molecule has 0 atom stereocenters. The predicted molar refractivity (Wildman–Crippen MR) is 149 cm³/mol. The van der Waals surface area contributed by atoms with Crippen LogP contribution in [0.1, 0.15) is 66.8 Å². The zero-order valence-electron chi connectivity index (χ0n) is 21.8. The van der Waals surface area contributed by atoms with E-state index >= 15 is 0 Å². The molecule has 1 N–H and O–H groups in total. The fourth-order valence-corrected chi connectivity index (χ4v) is 5.04. The summed E-state index contributed by atoms with van der Waals surface area (Å²) in [5.74, 6) is -2.14. The molecule has 0 saturated carbocycles.